The normalized spacial score (nSPS) is 30.4. The highest BCUT2D eigenvalue weighted by atomic mass is 32.2. The molecule has 2 fully saturated rings. The highest BCUT2D eigenvalue weighted by Crippen LogP contribution is 2.31. The molecule has 23 heavy (non-hydrogen) atoms. The predicted octanol–water partition coefficient (Wildman–Crippen LogP) is 1.52. The summed E-state index contributed by atoms with van der Waals surface area (Å²) in [6.07, 6.45) is 2.64. The van der Waals surface area contributed by atoms with Crippen molar-refractivity contribution in [2.75, 3.05) is 24.6 Å². The lowest BCUT2D eigenvalue weighted by molar-refractivity contribution is -0.124. The Balaban J connectivity index is 1.61. The van der Waals surface area contributed by atoms with E-state index >= 15 is 0 Å². The van der Waals surface area contributed by atoms with Gasteiger partial charge in [-0.2, -0.15) is 0 Å². The molecule has 1 N–H and O–H groups in total. The first kappa shape index (κ1) is 16.5. The number of nitrogens with one attached hydrogen (secondary N) is 1. The third kappa shape index (κ3) is 3.93. The number of rotatable bonds is 4. The van der Waals surface area contributed by atoms with Gasteiger partial charge in [-0.25, -0.2) is 8.42 Å². The first-order valence-corrected chi connectivity index (χ1v) is 10.00. The molecule has 2 heterocycles. The number of amides is 1. The second-order valence-corrected chi connectivity index (χ2v) is 9.17. The molecule has 1 aromatic rings. The zero-order chi connectivity index (χ0) is 16.5. The maximum absolute atomic E-state index is 12.4. The topological polar surface area (TPSA) is 66.5 Å². The first-order chi connectivity index (χ1) is 10.9. The highest BCUT2D eigenvalue weighted by Gasteiger charge is 2.40. The van der Waals surface area contributed by atoms with Crippen LogP contribution >= 0.6 is 0 Å². The van der Waals surface area contributed by atoms with Gasteiger partial charge in [-0.3, -0.25) is 9.69 Å². The second-order valence-electron chi connectivity index (χ2n) is 6.99. The minimum Gasteiger partial charge on any atom is -0.349 e. The Morgan fingerprint density at radius 1 is 1.35 bits per heavy atom. The molecular formula is C17H24N2O3S. The van der Waals surface area contributed by atoms with E-state index in [2.05, 4.69) is 22.3 Å². The van der Waals surface area contributed by atoms with Gasteiger partial charge in [0.2, 0.25) is 5.91 Å². The Bertz CT molecular complexity index is 674. The summed E-state index contributed by atoms with van der Waals surface area (Å²) in [7, 11) is -3.01. The number of benzene rings is 1. The van der Waals surface area contributed by atoms with Crippen molar-refractivity contribution in [1.82, 2.24) is 10.2 Å². The van der Waals surface area contributed by atoms with E-state index in [0.717, 1.165) is 19.4 Å². The summed E-state index contributed by atoms with van der Waals surface area (Å²) < 4.78 is 23.3. The standard InChI is InChI=1S/C17H24N2O3S/c1-17(9-11-23(21,22)13-17)18-16(20)12-19-10-5-8-15(19)14-6-3-2-4-7-14/h2-4,6-7,15H,5,8-13H2,1H3,(H,18,20). The first-order valence-electron chi connectivity index (χ1n) is 8.17. The number of carbonyl (C=O) groups is 1. The van der Waals surface area contributed by atoms with Crippen LogP contribution in [0.5, 0.6) is 0 Å². The summed E-state index contributed by atoms with van der Waals surface area (Å²) in [4.78, 5) is 14.6. The minimum absolute atomic E-state index is 0.0495. The second kappa shape index (κ2) is 6.24. The fraction of sp³-hybridized carbons (Fsp3) is 0.588. The van der Waals surface area contributed by atoms with Gasteiger partial charge in [0.25, 0.3) is 0 Å². The van der Waals surface area contributed by atoms with E-state index in [-0.39, 0.29) is 23.5 Å². The van der Waals surface area contributed by atoms with Crippen molar-refractivity contribution in [3.63, 3.8) is 0 Å². The van der Waals surface area contributed by atoms with Gasteiger partial charge >= 0.3 is 0 Å². The van der Waals surface area contributed by atoms with Crippen molar-refractivity contribution in [1.29, 1.82) is 0 Å². The summed E-state index contributed by atoms with van der Waals surface area (Å²) in [5.41, 5.74) is 0.630. The Hall–Kier alpha value is -1.40. The van der Waals surface area contributed by atoms with Crippen LogP contribution in [0, 0.1) is 0 Å². The van der Waals surface area contributed by atoms with Crippen LogP contribution in [0.4, 0.5) is 0 Å². The number of sulfone groups is 1. The fourth-order valence-electron chi connectivity index (χ4n) is 3.74. The maximum Gasteiger partial charge on any atom is 0.234 e. The molecule has 0 spiro atoms. The zero-order valence-corrected chi connectivity index (χ0v) is 14.3. The van der Waals surface area contributed by atoms with Gasteiger partial charge in [0.05, 0.1) is 23.6 Å². The Morgan fingerprint density at radius 2 is 2.09 bits per heavy atom. The van der Waals surface area contributed by atoms with Gasteiger partial charge in [-0.15, -0.1) is 0 Å². The number of carbonyl (C=O) groups excluding carboxylic acids is 1. The fourth-order valence-corrected chi connectivity index (χ4v) is 5.83. The lowest BCUT2D eigenvalue weighted by Gasteiger charge is -2.28. The molecule has 6 heteroatoms. The third-order valence-electron chi connectivity index (χ3n) is 4.84. The number of hydrogen-bond donors (Lipinski definition) is 1. The van der Waals surface area contributed by atoms with Crippen LogP contribution in [0.15, 0.2) is 30.3 Å². The molecule has 126 valence electrons. The van der Waals surface area contributed by atoms with E-state index in [0.29, 0.717) is 13.0 Å². The van der Waals surface area contributed by atoms with Gasteiger partial charge in [-0.1, -0.05) is 30.3 Å². The largest absolute Gasteiger partial charge is 0.349 e. The predicted molar refractivity (Wildman–Crippen MR) is 89.8 cm³/mol. The van der Waals surface area contributed by atoms with Crippen LogP contribution in [0.2, 0.25) is 0 Å². The van der Waals surface area contributed by atoms with E-state index in [4.69, 9.17) is 0 Å². The molecule has 0 bridgehead atoms. The zero-order valence-electron chi connectivity index (χ0n) is 13.5. The van der Waals surface area contributed by atoms with Crippen LogP contribution < -0.4 is 5.32 Å². The van der Waals surface area contributed by atoms with Crippen molar-refractivity contribution >= 4 is 15.7 Å². The van der Waals surface area contributed by atoms with Crippen molar-refractivity contribution in [3.05, 3.63) is 35.9 Å². The van der Waals surface area contributed by atoms with Gasteiger partial charge in [-0.05, 0) is 38.3 Å². The van der Waals surface area contributed by atoms with Crippen LogP contribution in [-0.2, 0) is 14.6 Å². The third-order valence-corrected chi connectivity index (χ3v) is 6.74. The lowest BCUT2D eigenvalue weighted by atomic mass is 10.0. The number of nitrogens with zero attached hydrogens (tertiary/aromatic N) is 1. The summed E-state index contributed by atoms with van der Waals surface area (Å²) in [5.74, 6) is 0.140. The molecule has 5 nitrogen and oxygen atoms in total. The van der Waals surface area contributed by atoms with E-state index in [1.54, 1.807) is 0 Å². The highest BCUT2D eigenvalue weighted by molar-refractivity contribution is 7.91. The van der Waals surface area contributed by atoms with Crippen LogP contribution in [-0.4, -0.2) is 49.4 Å². The van der Waals surface area contributed by atoms with E-state index < -0.39 is 15.4 Å². The van der Waals surface area contributed by atoms with Crippen molar-refractivity contribution in [2.24, 2.45) is 0 Å². The quantitative estimate of drug-likeness (QED) is 0.905. The molecule has 0 aromatic heterocycles. The number of hydrogen-bond acceptors (Lipinski definition) is 4. The summed E-state index contributed by atoms with van der Waals surface area (Å²) in [6.45, 7) is 3.06. The molecule has 3 rings (SSSR count). The maximum atomic E-state index is 12.4. The van der Waals surface area contributed by atoms with Gasteiger partial charge in [0.15, 0.2) is 9.84 Å². The molecule has 1 amide bonds. The molecule has 1 aromatic carbocycles. The molecule has 2 saturated heterocycles. The summed E-state index contributed by atoms with van der Waals surface area (Å²) in [6, 6.07) is 10.5. The average Bonchev–Trinajstić information content (AvgIpc) is 3.04. The van der Waals surface area contributed by atoms with Crippen molar-refractivity contribution in [2.45, 2.75) is 37.8 Å². The lowest BCUT2D eigenvalue weighted by Crippen LogP contribution is -2.50. The van der Waals surface area contributed by atoms with Crippen LogP contribution in [0.3, 0.4) is 0 Å². The summed E-state index contributed by atoms with van der Waals surface area (Å²) in [5, 5.41) is 2.95. The molecule has 0 saturated carbocycles. The average molecular weight is 336 g/mol. The smallest absolute Gasteiger partial charge is 0.234 e. The van der Waals surface area contributed by atoms with E-state index in [9.17, 15) is 13.2 Å². The van der Waals surface area contributed by atoms with Gasteiger partial charge < -0.3 is 5.32 Å². The summed E-state index contributed by atoms with van der Waals surface area (Å²) >= 11 is 0. The van der Waals surface area contributed by atoms with Gasteiger partial charge in [0, 0.05) is 6.04 Å². The van der Waals surface area contributed by atoms with E-state index in [1.165, 1.54) is 5.56 Å². The van der Waals surface area contributed by atoms with Crippen molar-refractivity contribution in [3.8, 4) is 0 Å². The molecule has 2 unspecified atom stereocenters. The van der Waals surface area contributed by atoms with E-state index in [1.807, 2.05) is 25.1 Å². The molecule has 2 aliphatic rings. The Morgan fingerprint density at radius 3 is 2.74 bits per heavy atom. The minimum atomic E-state index is -3.01. The number of likely N-dealkylation sites (tertiary alicyclic amines) is 1. The molecular weight excluding hydrogens is 312 g/mol. The molecule has 0 radical (unpaired) electrons. The van der Waals surface area contributed by atoms with Crippen LogP contribution in [0.1, 0.15) is 37.8 Å². The molecule has 2 atom stereocenters. The Labute approximate surface area is 138 Å². The SMILES string of the molecule is CC1(NC(=O)CN2CCCC2c2ccccc2)CCS(=O)(=O)C1. The Kier molecular flexibility index (Phi) is 4.47. The molecule has 2 aliphatic heterocycles. The monoisotopic (exact) mass is 336 g/mol. The van der Waals surface area contributed by atoms with Crippen LogP contribution in [0.25, 0.3) is 0 Å². The molecule has 0 aliphatic carbocycles. The van der Waals surface area contributed by atoms with Gasteiger partial charge in [0.1, 0.15) is 0 Å². The van der Waals surface area contributed by atoms with Crippen molar-refractivity contribution < 1.29 is 13.2 Å².